The molecule has 3 nitrogen and oxygen atoms in total. The first-order valence-electron chi connectivity index (χ1n) is 2.62. The zero-order valence-electron chi connectivity index (χ0n) is 5.00. The molecule has 1 aliphatic carbocycles. The second-order valence-electron chi connectivity index (χ2n) is 1.77. The van der Waals surface area contributed by atoms with E-state index < -0.39 is 11.6 Å². The molecule has 0 aliphatic heterocycles. The Hall–Kier alpha value is -1.69. The van der Waals surface area contributed by atoms with E-state index in [1.54, 1.807) is 6.07 Å². The molecule has 0 amide bonds. The fourth-order valence-electron chi connectivity index (χ4n) is 0.578. The van der Waals surface area contributed by atoms with E-state index in [1.807, 2.05) is 0 Å². The summed E-state index contributed by atoms with van der Waals surface area (Å²) in [5.74, 6) is -1.20. The standard InChI is InChI=1S/C7H3NO2/c8-4-5-1-2-6(9)7(10)3-5/h1-3H. The topological polar surface area (TPSA) is 57.9 Å². The van der Waals surface area contributed by atoms with Crippen molar-refractivity contribution in [3.63, 3.8) is 0 Å². The number of ketones is 2. The summed E-state index contributed by atoms with van der Waals surface area (Å²) in [7, 11) is 0. The Labute approximate surface area is 57.3 Å². The number of carbonyl (C=O) groups excluding carboxylic acids is 2. The molecule has 1 aliphatic rings. The molecule has 48 valence electrons. The monoisotopic (exact) mass is 133 g/mol. The van der Waals surface area contributed by atoms with Crippen LogP contribution in [0, 0.1) is 11.3 Å². The van der Waals surface area contributed by atoms with Gasteiger partial charge in [0.1, 0.15) is 0 Å². The minimum Gasteiger partial charge on any atom is -0.286 e. The number of carbonyl (C=O) groups is 2. The molecule has 0 N–H and O–H groups in total. The largest absolute Gasteiger partial charge is 0.286 e. The van der Waals surface area contributed by atoms with Gasteiger partial charge in [-0.05, 0) is 12.2 Å². The van der Waals surface area contributed by atoms with Crippen molar-refractivity contribution < 1.29 is 9.59 Å². The fraction of sp³-hybridized carbons (Fsp3) is 0. The first-order chi connectivity index (χ1) is 4.74. The van der Waals surface area contributed by atoms with Crippen LogP contribution in [0.4, 0.5) is 0 Å². The molecular weight excluding hydrogens is 130 g/mol. The van der Waals surface area contributed by atoms with E-state index in [2.05, 4.69) is 0 Å². The summed E-state index contributed by atoms with van der Waals surface area (Å²) in [5.41, 5.74) is 0.226. The third-order valence-electron chi connectivity index (χ3n) is 1.07. The zero-order valence-corrected chi connectivity index (χ0v) is 5.00. The molecule has 0 bridgehead atoms. The molecule has 0 saturated heterocycles. The SMILES string of the molecule is N#CC1=CC(=O)C(=O)C=C1. The van der Waals surface area contributed by atoms with Crippen LogP contribution in [0.2, 0.25) is 0 Å². The number of hydrogen-bond donors (Lipinski definition) is 0. The maximum atomic E-state index is 10.5. The van der Waals surface area contributed by atoms with Gasteiger partial charge in [0.15, 0.2) is 0 Å². The van der Waals surface area contributed by atoms with Crippen molar-refractivity contribution in [1.82, 2.24) is 0 Å². The highest BCUT2D eigenvalue weighted by Crippen LogP contribution is 2.01. The van der Waals surface area contributed by atoms with Crippen molar-refractivity contribution in [3.8, 4) is 6.07 Å². The maximum absolute atomic E-state index is 10.5. The van der Waals surface area contributed by atoms with Crippen molar-refractivity contribution in [1.29, 1.82) is 5.26 Å². The molecule has 0 radical (unpaired) electrons. The molecule has 10 heavy (non-hydrogen) atoms. The second kappa shape index (κ2) is 2.28. The average molecular weight is 133 g/mol. The molecule has 1 rings (SSSR count). The lowest BCUT2D eigenvalue weighted by molar-refractivity contribution is -0.131. The van der Waals surface area contributed by atoms with E-state index in [0.717, 1.165) is 12.2 Å². The van der Waals surface area contributed by atoms with Crippen molar-refractivity contribution in [3.05, 3.63) is 23.8 Å². The Morgan fingerprint density at radius 3 is 2.40 bits per heavy atom. The quantitative estimate of drug-likeness (QED) is 0.349. The molecule has 0 aromatic heterocycles. The molecule has 0 aromatic carbocycles. The Balaban J connectivity index is 3.00. The third kappa shape index (κ3) is 1.00. The van der Waals surface area contributed by atoms with Crippen LogP contribution in [0.25, 0.3) is 0 Å². The van der Waals surface area contributed by atoms with Crippen LogP contribution >= 0.6 is 0 Å². The summed E-state index contributed by atoms with van der Waals surface area (Å²) >= 11 is 0. The highest BCUT2D eigenvalue weighted by Gasteiger charge is 2.11. The lowest BCUT2D eigenvalue weighted by Gasteiger charge is -1.93. The summed E-state index contributed by atoms with van der Waals surface area (Å²) in [6.07, 6.45) is 3.45. The lowest BCUT2D eigenvalue weighted by Crippen LogP contribution is -2.10. The van der Waals surface area contributed by atoms with Crippen LogP contribution < -0.4 is 0 Å². The predicted octanol–water partition coefficient (Wildman–Crippen LogP) is 0.144. The molecular formula is C7H3NO2. The molecule has 0 heterocycles. The van der Waals surface area contributed by atoms with E-state index in [4.69, 9.17) is 5.26 Å². The van der Waals surface area contributed by atoms with Gasteiger partial charge in [-0.25, -0.2) is 0 Å². The Morgan fingerprint density at radius 1 is 1.20 bits per heavy atom. The Morgan fingerprint density at radius 2 is 1.90 bits per heavy atom. The lowest BCUT2D eigenvalue weighted by atomic mass is 10.1. The van der Waals surface area contributed by atoms with Gasteiger partial charge < -0.3 is 0 Å². The van der Waals surface area contributed by atoms with Gasteiger partial charge >= 0.3 is 0 Å². The highest BCUT2D eigenvalue weighted by molar-refractivity contribution is 6.46. The van der Waals surface area contributed by atoms with Gasteiger partial charge in [0.25, 0.3) is 0 Å². The van der Waals surface area contributed by atoms with Crippen LogP contribution in [0.15, 0.2) is 23.8 Å². The van der Waals surface area contributed by atoms with Gasteiger partial charge in [-0.1, -0.05) is 0 Å². The van der Waals surface area contributed by atoms with Gasteiger partial charge in [-0.15, -0.1) is 0 Å². The van der Waals surface area contributed by atoms with Crippen molar-refractivity contribution in [2.75, 3.05) is 0 Å². The smallest absolute Gasteiger partial charge is 0.227 e. The first-order valence-corrected chi connectivity index (χ1v) is 2.62. The summed E-state index contributed by atoms with van der Waals surface area (Å²) in [6, 6.07) is 1.76. The van der Waals surface area contributed by atoms with Crippen molar-refractivity contribution in [2.45, 2.75) is 0 Å². The summed E-state index contributed by atoms with van der Waals surface area (Å²) < 4.78 is 0. The molecule has 3 heteroatoms. The number of rotatable bonds is 0. The molecule has 0 atom stereocenters. The normalized spacial score (nSPS) is 16.5. The van der Waals surface area contributed by atoms with Gasteiger partial charge in [-0.3, -0.25) is 9.59 Å². The Bertz CT molecular complexity index is 291. The van der Waals surface area contributed by atoms with E-state index in [1.165, 1.54) is 6.08 Å². The highest BCUT2D eigenvalue weighted by atomic mass is 16.2. The van der Waals surface area contributed by atoms with Gasteiger partial charge in [0.05, 0.1) is 11.6 Å². The minimum atomic E-state index is -0.626. The minimum absolute atomic E-state index is 0.226. The van der Waals surface area contributed by atoms with Gasteiger partial charge in [-0.2, -0.15) is 5.26 Å². The predicted molar refractivity (Wildman–Crippen MR) is 32.8 cm³/mol. The van der Waals surface area contributed by atoms with E-state index in [9.17, 15) is 9.59 Å². The van der Waals surface area contributed by atoms with Crippen LogP contribution in [-0.2, 0) is 9.59 Å². The van der Waals surface area contributed by atoms with E-state index >= 15 is 0 Å². The number of allylic oxidation sites excluding steroid dienone is 4. The third-order valence-corrected chi connectivity index (χ3v) is 1.07. The van der Waals surface area contributed by atoms with Crippen LogP contribution in [0.5, 0.6) is 0 Å². The molecule has 0 fully saturated rings. The molecule has 0 spiro atoms. The fourth-order valence-corrected chi connectivity index (χ4v) is 0.578. The van der Waals surface area contributed by atoms with E-state index in [-0.39, 0.29) is 5.57 Å². The number of hydrogen-bond acceptors (Lipinski definition) is 3. The first kappa shape index (κ1) is 6.43. The summed E-state index contributed by atoms with van der Waals surface area (Å²) in [6.45, 7) is 0. The van der Waals surface area contributed by atoms with Crippen LogP contribution in [0.1, 0.15) is 0 Å². The van der Waals surface area contributed by atoms with Crippen molar-refractivity contribution in [2.24, 2.45) is 0 Å². The Kier molecular flexibility index (Phi) is 1.46. The van der Waals surface area contributed by atoms with Gasteiger partial charge in [0, 0.05) is 6.08 Å². The summed E-state index contributed by atoms with van der Waals surface area (Å²) in [4.78, 5) is 21.0. The average Bonchev–Trinajstić information content (AvgIpc) is 1.95. The van der Waals surface area contributed by atoms with Crippen molar-refractivity contribution >= 4 is 11.6 Å². The number of nitrogens with zero attached hydrogens (tertiary/aromatic N) is 1. The van der Waals surface area contributed by atoms with E-state index in [0.29, 0.717) is 0 Å². The van der Waals surface area contributed by atoms with Gasteiger partial charge in [0.2, 0.25) is 11.6 Å². The maximum Gasteiger partial charge on any atom is 0.227 e. The number of nitriles is 1. The van der Waals surface area contributed by atoms with Crippen LogP contribution in [-0.4, -0.2) is 11.6 Å². The molecule has 0 unspecified atom stereocenters. The zero-order chi connectivity index (χ0) is 7.56. The van der Waals surface area contributed by atoms with Crippen LogP contribution in [0.3, 0.4) is 0 Å². The molecule has 0 aromatic rings. The molecule has 0 saturated carbocycles. The summed E-state index contributed by atoms with van der Waals surface area (Å²) in [5, 5.41) is 8.26. The second-order valence-corrected chi connectivity index (χ2v) is 1.77.